The molecule has 8 heteroatoms. The average Bonchev–Trinajstić information content (AvgIpc) is 2.43. The van der Waals surface area contributed by atoms with E-state index in [2.05, 4.69) is 26.0 Å². The van der Waals surface area contributed by atoms with Gasteiger partial charge in [-0.15, -0.1) is 0 Å². The van der Waals surface area contributed by atoms with E-state index in [0.717, 1.165) is 19.4 Å². The van der Waals surface area contributed by atoms with Crippen molar-refractivity contribution >= 4 is 31.8 Å². The van der Waals surface area contributed by atoms with E-state index < -0.39 is 16.0 Å². The lowest BCUT2D eigenvalue weighted by Gasteiger charge is -2.32. The van der Waals surface area contributed by atoms with Crippen molar-refractivity contribution < 1.29 is 12.8 Å². The van der Waals surface area contributed by atoms with Crippen molar-refractivity contribution in [2.75, 3.05) is 31.4 Å². The van der Waals surface area contributed by atoms with Crippen molar-refractivity contribution in [1.82, 2.24) is 9.62 Å². The van der Waals surface area contributed by atoms with Crippen molar-refractivity contribution in [3.63, 3.8) is 0 Å². The lowest BCUT2D eigenvalue weighted by molar-refractivity contribution is 0.264. The second-order valence-electron chi connectivity index (χ2n) is 5.16. The maximum atomic E-state index is 13.0. The van der Waals surface area contributed by atoms with Crippen LogP contribution in [0.15, 0.2) is 22.7 Å². The van der Waals surface area contributed by atoms with Gasteiger partial charge in [-0.25, -0.2) is 4.39 Å². The Morgan fingerprint density at radius 2 is 2.24 bits per heavy atom. The first-order valence-corrected chi connectivity index (χ1v) is 9.03. The molecule has 0 aromatic heterocycles. The second-order valence-corrected chi connectivity index (χ2v) is 7.68. The minimum atomic E-state index is -3.62. The van der Waals surface area contributed by atoms with Crippen LogP contribution >= 0.6 is 15.9 Å². The number of nitrogens with one attached hydrogen (secondary N) is 2. The van der Waals surface area contributed by atoms with E-state index in [9.17, 15) is 12.8 Å². The number of halogens is 2. The first kappa shape index (κ1) is 16.7. The van der Waals surface area contributed by atoms with Gasteiger partial charge in [-0.1, -0.05) is 0 Å². The van der Waals surface area contributed by atoms with Crippen LogP contribution in [0.5, 0.6) is 0 Å². The van der Waals surface area contributed by atoms with Gasteiger partial charge in [-0.3, -0.25) is 4.72 Å². The van der Waals surface area contributed by atoms with Gasteiger partial charge in [0, 0.05) is 17.6 Å². The molecule has 118 valence electrons. The highest BCUT2D eigenvalue weighted by molar-refractivity contribution is 9.10. The Labute approximate surface area is 133 Å². The van der Waals surface area contributed by atoms with Crippen LogP contribution < -0.4 is 10.0 Å². The number of nitrogens with zero attached hydrogens (tertiary/aromatic N) is 1. The summed E-state index contributed by atoms with van der Waals surface area (Å²) in [5.41, 5.74) is 0.340. The van der Waals surface area contributed by atoms with Crippen LogP contribution in [0.4, 0.5) is 10.1 Å². The first-order valence-electron chi connectivity index (χ1n) is 6.80. The van der Waals surface area contributed by atoms with Gasteiger partial charge in [0.05, 0.1) is 5.69 Å². The van der Waals surface area contributed by atoms with Crippen LogP contribution in [0.3, 0.4) is 0 Å². The molecule has 1 atom stereocenters. The minimum Gasteiger partial charge on any atom is -0.319 e. The lowest BCUT2D eigenvalue weighted by atomic mass is 10.00. The SMILES string of the molecule is CNCC1CCCN(S(=O)(=O)Nc2ccc(F)cc2Br)C1. The van der Waals surface area contributed by atoms with Crippen LogP contribution in [0.1, 0.15) is 12.8 Å². The normalized spacial score (nSPS) is 20.4. The summed E-state index contributed by atoms with van der Waals surface area (Å²) < 4.78 is 42.2. The number of anilines is 1. The molecule has 0 saturated carbocycles. The molecule has 0 spiro atoms. The second kappa shape index (κ2) is 7.04. The smallest absolute Gasteiger partial charge is 0.301 e. The largest absolute Gasteiger partial charge is 0.319 e. The maximum absolute atomic E-state index is 13.0. The molecule has 5 nitrogen and oxygen atoms in total. The predicted molar refractivity (Wildman–Crippen MR) is 84.9 cm³/mol. The number of hydrogen-bond donors (Lipinski definition) is 2. The molecule has 1 heterocycles. The van der Waals surface area contributed by atoms with Crippen LogP contribution in [0, 0.1) is 11.7 Å². The molecular formula is C13H19BrFN3O2S. The highest BCUT2D eigenvalue weighted by atomic mass is 79.9. The van der Waals surface area contributed by atoms with Crippen molar-refractivity contribution in [2.24, 2.45) is 5.92 Å². The molecule has 0 amide bonds. The Morgan fingerprint density at radius 1 is 1.48 bits per heavy atom. The van der Waals surface area contributed by atoms with Gasteiger partial charge in [0.15, 0.2) is 0 Å². The molecule has 21 heavy (non-hydrogen) atoms. The summed E-state index contributed by atoms with van der Waals surface area (Å²) >= 11 is 3.17. The Balaban J connectivity index is 2.10. The molecular weight excluding hydrogens is 361 g/mol. The summed E-state index contributed by atoms with van der Waals surface area (Å²) in [4.78, 5) is 0. The van der Waals surface area contributed by atoms with Gasteiger partial charge >= 0.3 is 10.2 Å². The quantitative estimate of drug-likeness (QED) is 0.823. The van der Waals surface area contributed by atoms with Crippen molar-refractivity contribution in [1.29, 1.82) is 0 Å². The van der Waals surface area contributed by atoms with E-state index >= 15 is 0 Å². The lowest BCUT2D eigenvalue weighted by Crippen LogP contribution is -2.44. The fourth-order valence-corrected chi connectivity index (χ4v) is 4.42. The molecule has 0 bridgehead atoms. The number of hydrogen-bond acceptors (Lipinski definition) is 3. The topological polar surface area (TPSA) is 61.4 Å². The van der Waals surface area contributed by atoms with Crippen molar-refractivity contribution in [3.05, 3.63) is 28.5 Å². The zero-order chi connectivity index (χ0) is 15.5. The van der Waals surface area contributed by atoms with E-state index in [1.54, 1.807) is 0 Å². The highest BCUT2D eigenvalue weighted by Gasteiger charge is 2.28. The third-order valence-electron chi connectivity index (χ3n) is 3.48. The van der Waals surface area contributed by atoms with Crippen molar-refractivity contribution in [2.45, 2.75) is 12.8 Å². The van der Waals surface area contributed by atoms with Gasteiger partial charge in [0.2, 0.25) is 0 Å². The van der Waals surface area contributed by atoms with Gasteiger partial charge in [0.25, 0.3) is 0 Å². The summed E-state index contributed by atoms with van der Waals surface area (Å²) in [6, 6.07) is 3.87. The zero-order valence-corrected chi connectivity index (χ0v) is 14.2. The fraction of sp³-hybridized carbons (Fsp3) is 0.538. The summed E-state index contributed by atoms with van der Waals surface area (Å²) in [6.45, 7) is 1.80. The van der Waals surface area contributed by atoms with E-state index in [4.69, 9.17) is 0 Å². The summed E-state index contributed by atoms with van der Waals surface area (Å²) in [5, 5.41) is 3.08. The van der Waals surface area contributed by atoms with Gasteiger partial charge in [-0.05, 0) is 66.5 Å². The highest BCUT2D eigenvalue weighted by Crippen LogP contribution is 2.26. The molecule has 1 saturated heterocycles. The standard InChI is InChI=1S/C13H19BrFN3O2S/c1-16-8-10-3-2-6-18(9-10)21(19,20)17-13-5-4-11(15)7-12(13)14/h4-5,7,10,16-17H,2-3,6,8-9H2,1H3. The molecule has 1 aliphatic rings. The summed E-state index contributed by atoms with van der Waals surface area (Å²) in [5.74, 6) is -0.103. The maximum Gasteiger partial charge on any atom is 0.301 e. The molecule has 1 unspecified atom stereocenters. The van der Waals surface area contributed by atoms with Gasteiger partial charge < -0.3 is 5.32 Å². The average molecular weight is 380 g/mol. The van der Waals surface area contributed by atoms with Crippen molar-refractivity contribution in [3.8, 4) is 0 Å². The Kier molecular flexibility index (Phi) is 5.59. The molecule has 1 aromatic carbocycles. The molecule has 0 radical (unpaired) electrons. The molecule has 1 aliphatic heterocycles. The molecule has 2 rings (SSSR count). The fourth-order valence-electron chi connectivity index (χ4n) is 2.48. The van der Waals surface area contributed by atoms with Crippen LogP contribution in [0.25, 0.3) is 0 Å². The van der Waals surface area contributed by atoms with E-state index in [1.807, 2.05) is 7.05 Å². The van der Waals surface area contributed by atoms with E-state index in [1.165, 1.54) is 22.5 Å². The Bertz CT molecular complexity index is 595. The first-order chi connectivity index (χ1) is 9.92. The zero-order valence-electron chi connectivity index (χ0n) is 11.8. The molecule has 1 fully saturated rings. The van der Waals surface area contributed by atoms with Crippen LogP contribution in [-0.2, 0) is 10.2 Å². The van der Waals surface area contributed by atoms with Crippen LogP contribution in [-0.4, -0.2) is 39.4 Å². The summed E-state index contributed by atoms with van der Waals surface area (Å²) in [6.07, 6.45) is 1.87. The van der Waals surface area contributed by atoms with Crippen LogP contribution in [0.2, 0.25) is 0 Å². The molecule has 2 N–H and O–H groups in total. The number of benzene rings is 1. The number of piperidine rings is 1. The van der Waals surface area contributed by atoms with E-state index in [-0.39, 0.29) is 0 Å². The third kappa shape index (κ3) is 4.38. The van der Waals surface area contributed by atoms with Gasteiger partial charge in [0.1, 0.15) is 5.82 Å². The van der Waals surface area contributed by atoms with E-state index in [0.29, 0.717) is 29.2 Å². The monoisotopic (exact) mass is 379 g/mol. The minimum absolute atomic E-state index is 0.317. The third-order valence-corrected chi connectivity index (χ3v) is 5.63. The summed E-state index contributed by atoms with van der Waals surface area (Å²) in [7, 11) is -1.76. The Morgan fingerprint density at radius 3 is 2.90 bits per heavy atom. The number of rotatable bonds is 5. The van der Waals surface area contributed by atoms with Gasteiger partial charge in [-0.2, -0.15) is 12.7 Å². The molecule has 1 aromatic rings. The Hall–Kier alpha value is -0.700. The molecule has 0 aliphatic carbocycles. The predicted octanol–water partition coefficient (Wildman–Crippen LogP) is 2.18.